The second-order valence-corrected chi connectivity index (χ2v) is 8.20. The van der Waals surface area contributed by atoms with Crippen LogP contribution in [0.15, 0.2) is 41.4 Å². The number of aliphatic imine (C=N–C) groups is 1. The van der Waals surface area contributed by atoms with E-state index in [0.717, 1.165) is 16.8 Å². The molecular formula is C21H27NO2. The lowest BCUT2D eigenvalue weighted by Crippen LogP contribution is -2.22. The Balaban J connectivity index is 2.51. The maximum Gasteiger partial charge on any atom is 0.128 e. The zero-order chi connectivity index (χ0) is 18.1. The third kappa shape index (κ3) is 3.97. The van der Waals surface area contributed by atoms with Gasteiger partial charge in [-0.3, -0.25) is 4.99 Å². The Morgan fingerprint density at radius 1 is 0.792 bits per heavy atom. The van der Waals surface area contributed by atoms with E-state index in [-0.39, 0.29) is 22.3 Å². The molecule has 2 N–H and O–H groups in total. The first-order chi connectivity index (χ1) is 11.0. The van der Waals surface area contributed by atoms with Crippen LogP contribution in [0.25, 0.3) is 0 Å². The molecule has 24 heavy (non-hydrogen) atoms. The van der Waals surface area contributed by atoms with Crippen molar-refractivity contribution in [3.05, 3.63) is 53.1 Å². The van der Waals surface area contributed by atoms with Crippen LogP contribution in [0, 0.1) is 0 Å². The molecule has 2 rings (SSSR count). The van der Waals surface area contributed by atoms with Gasteiger partial charge in [0.05, 0.1) is 5.69 Å². The van der Waals surface area contributed by atoms with Crippen LogP contribution >= 0.6 is 0 Å². The topological polar surface area (TPSA) is 52.8 Å². The summed E-state index contributed by atoms with van der Waals surface area (Å²) < 4.78 is 0. The number of hydrogen-bond acceptors (Lipinski definition) is 3. The van der Waals surface area contributed by atoms with Crippen molar-refractivity contribution in [3.8, 4) is 11.5 Å². The zero-order valence-corrected chi connectivity index (χ0v) is 15.4. The normalized spacial score (nSPS) is 12.8. The van der Waals surface area contributed by atoms with E-state index in [9.17, 15) is 10.2 Å². The molecular weight excluding hydrogens is 298 g/mol. The Morgan fingerprint density at radius 2 is 1.38 bits per heavy atom. The minimum atomic E-state index is -0.172. The van der Waals surface area contributed by atoms with Gasteiger partial charge < -0.3 is 10.2 Å². The van der Waals surface area contributed by atoms with Gasteiger partial charge >= 0.3 is 0 Å². The summed E-state index contributed by atoms with van der Waals surface area (Å²) in [6.45, 7) is 12.8. The second-order valence-electron chi connectivity index (χ2n) is 8.20. The van der Waals surface area contributed by atoms with Crippen molar-refractivity contribution < 1.29 is 10.2 Å². The van der Waals surface area contributed by atoms with Crippen molar-refractivity contribution in [2.24, 2.45) is 4.99 Å². The molecule has 0 bridgehead atoms. The Hall–Kier alpha value is -2.29. The zero-order valence-electron chi connectivity index (χ0n) is 15.4. The standard InChI is InChI=1S/C21H27NO2/c1-20(2,3)17-12-7-14(19(24)18(17)21(4,5)6)13-22-15-8-10-16(23)11-9-15/h7-13,23-24H,1-6H3. The quantitative estimate of drug-likeness (QED) is 0.722. The predicted octanol–water partition coefficient (Wildman–Crippen LogP) is 5.44. The highest BCUT2D eigenvalue weighted by Gasteiger charge is 2.28. The van der Waals surface area contributed by atoms with Gasteiger partial charge in [0.2, 0.25) is 0 Å². The smallest absolute Gasteiger partial charge is 0.128 e. The van der Waals surface area contributed by atoms with Crippen molar-refractivity contribution in [3.63, 3.8) is 0 Å². The summed E-state index contributed by atoms with van der Waals surface area (Å²) >= 11 is 0. The molecule has 3 nitrogen and oxygen atoms in total. The highest BCUT2D eigenvalue weighted by Crippen LogP contribution is 2.40. The van der Waals surface area contributed by atoms with Crippen LogP contribution in [0.4, 0.5) is 5.69 Å². The molecule has 2 aromatic rings. The fraction of sp³-hybridized carbons (Fsp3) is 0.381. The van der Waals surface area contributed by atoms with Crippen LogP contribution in [0.1, 0.15) is 58.2 Å². The minimum absolute atomic E-state index is 0.0489. The lowest BCUT2D eigenvalue weighted by atomic mass is 9.74. The van der Waals surface area contributed by atoms with Gasteiger partial charge in [0, 0.05) is 17.3 Å². The number of benzene rings is 2. The van der Waals surface area contributed by atoms with Gasteiger partial charge in [-0.25, -0.2) is 0 Å². The fourth-order valence-corrected chi connectivity index (χ4v) is 2.78. The Morgan fingerprint density at radius 3 is 1.88 bits per heavy atom. The first-order valence-electron chi connectivity index (χ1n) is 8.20. The molecule has 2 aromatic carbocycles. The number of phenols is 2. The summed E-state index contributed by atoms with van der Waals surface area (Å²) in [6.07, 6.45) is 1.67. The Bertz CT molecular complexity index is 745. The summed E-state index contributed by atoms with van der Waals surface area (Å²) in [5.74, 6) is 0.499. The summed E-state index contributed by atoms with van der Waals surface area (Å²) in [6, 6.07) is 10.6. The minimum Gasteiger partial charge on any atom is -0.508 e. The molecule has 0 unspecified atom stereocenters. The molecule has 0 fully saturated rings. The molecule has 0 aromatic heterocycles. The average molecular weight is 325 g/mol. The SMILES string of the molecule is CC(C)(C)c1ccc(C=Nc2ccc(O)cc2)c(O)c1C(C)(C)C. The van der Waals surface area contributed by atoms with Crippen molar-refractivity contribution in [2.45, 2.75) is 52.4 Å². The molecule has 0 aliphatic carbocycles. The van der Waals surface area contributed by atoms with E-state index in [0.29, 0.717) is 5.56 Å². The first kappa shape index (κ1) is 18.1. The van der Waals surface area contributed by atoms with E-state index in [4.69, 9.17) is 0 Å². The van der Waals surface area contributed by atoms with Gasteiger partial charge in [-0.1, -0.05) is 47.6 Å². The molecule has 0 radical (unpaired) electrons. The van der Waals surface area contributed by atoms with E-state index in [1.165, 1.54) is 0 Å². The van der Waals surface area contributed by atoms with Gasteiger partial charge in [0.25, 0.3) is 0 Å². The molecule has 128 valence electrons. The lowest BCUT2D eigenvalue weighted by Gasteiger charge is -2.31. The number of hydrogen-bond donors (Lipinski definition) is 2. The first-order valence-corrected chi connectivity index (χ1v) is 8.20. The number of phenolic OH excluding ortho intramolecular Hbond substituents is 2. The highest BCUT2D eigenvalue weighted by atomic mass is 16.3. The summed E-state index contributed by atoms with van der Waals surface area (Å²) in [7, 11) is 0. The molecule has 0 aliphatic rings. The highest BCUT2D eigenvalue weighted by molar-refractivity contribution is 5.86. The summed E-state index contributed by atoms with van der Waals surface area (Å²) in [5.41, 5.74) is 3.31. The van der Waals surface area contributed by atoms with Crippen molar-refractivity contribution in [1.29, 1.82) is 0 Å². The predicted molar refractivity (Wildman–Crippen MR) is 101 cm³/mol. The van der Waals surface area contributed by atoms with E-state index < -0.39 is 0 Å². The van der Waals surface area contributed by atoms with E-state index in [1.807, 2.05) is 6.07 Å². The molecule has 3 heteroatoms. The van der Waals surface area contributed by atoms with Crippen LogP contribution in [0.3, 0.4) is 0 Å². The monoisotopic (exact) mass is 325 g/mol. The van der Waals surface area contributed by atoms with Crippen LogP contribution in [0.5, 0.6) is 11.5 Å². The van der Waals surface area contributed by atoms with Crippen molar-refractivity contribution in [1.82, 2.24) is 0 Å². The third-order valence-corrected chi connectivity index (χ3v) is 3.97. The van der Waals surface area contributed by atoms with Crippen molar-refractivity contribution >= 4 is 11.9 Å². The average Bonchev–Trinajstić information content (AvgIpc) is 2.45. The molecule has 0 saturated carbocycles. The Labute approximate surface area is 144 Å². The van der Waals surface area contributed by atoms with Crippen LogP contribution in [-0.4, -0.2) is 16.4 Å². The van der Waals surface area contributed by atoms with Crippen LogP contribution < -0.4 is 0 Å². The van der Waals surface area contributed by atoms with E-state index in [2.05, 4.69) is 52.6 Å². The van der Waals surface area contributed by atoms with Crippen molar-refractivity contribution in [2.75, 3.05) is 0 Å². The van der Waals surface area contributed by atoms with E-state index >= 15 is 0 Å². The number of aromatic hydroxyl groups is 2. The van der Waals surface area contributed by atoms with Gasteiger partial charge in [-0.2, -0.15) is 0 Å². The molecule has 0 saturated heterocycles. The molecule has 0 amide bonds. The number of rotatable bonds is 2. The summed E-state index contributed by atoms with van der Waals surface area (Å²) in [4.78, 5) is 4.40. The van der Waals surface area contributed by atoms with Gasteiger partial charge in [0.15, 0.2) is 0 Å². The van der Waals surface area contributed by atoms with Gasteiger partial charge in [0.1, 0.15) is 11.5 Å². The second kappa shape index (κ2) is 6.31. The molecule has 0 heterocycles. The maximum atomic E-state index is 10.9. The van der Waals surface area contributed by atoms with Gasteiger partial charge in [-0.15, -0.1) is 0 Å². The number of nitrogens with zero attached hydrogens (tertiary/aromatic N) is 1. The van der Waals surface area contributed by atoms with E-state index in [1.54, 1.807) is 30.5 Å². The Kier molecular flexibility index (Phi) is 4.75. The van der Waals surface area contributed by atoms with Crippen LogP contribution in [0.2, 0.25) is 0 Å². The largest absolute Gasteiger partial charge is 0.508 e. The molecule has 0 atom stereocenters. The molecule has 0 aliphatic heterocycles. The summed E-state index contributed by atoms with van der Waals surface area (Å²) in [5, 5.41) is 20.2. The maximum absolute atomic E-state index is 10.9. The third-order valence-electron chi connectivity index (χ3n) is 3.97. The van der Waals surface area contributed by atoms with Crippen LogP contribution in [-0.2, 0) is 10.8 Å². The van der Waals surface area contributed by atoms with Gasteiger partial charge in [-0.05, 0) is 46.7 Å². The fourth-order valence-electron chi connectivity index (χ4n) is 2.78. The lowest BCUT2D eigenvalue weighted by molar-refractivity contribution is 0.434. The molecule has 0 spiro atoms.